The molecule has 2 rings (SSSR count). The molecule has 5 nitrogen and oxygen atoms in total. The summed E-state index contributed by atoms with van der Waals surface area (Å²) in [6.07, 6.45) is 2.46. The van der Waals surface area contributed by atoms with Crippen LogP contribution in [0.4, 0.5) is 5.69 Å². The Kier molecular flexibility index (Phi) is 3.76. The van der Waals surface area contributed by atoms with Crippen molar-refractivity contribution in [2.75, 3.05) is 5.32 Å². The molecule has 2 aromatic rings. The molecule has 0 atom stereocenters. The number of aryl methyl sites for hydroxylation is 2. The van der Waals surface area contributed by atoms with Gasteiger partial charge in [0.2, 0.25) is 0 Å². The molecule has 18 heavy (non-hydrogen) atoms. The Bertz CT molecular complexity index is 579. The van der Waals surface area contributed by atoms with E-state index in [1.807, 2.05) is 6.92 Å². The highest BCUT2D eigenvalue weighted by molar-refractivity contribution is 9.10. The summed E-state index contributed by atoms with van der Waals surface area (Å²) in [5.41, 5.74) is 2.07. The van der Waals surface area contributed by atoms with Crippen LogP contribution in [-0.2, 0) is 13.5 Å². The molecule has 1 amide bonds. The molecule has 0 unspecified atom stereocenters. The van der Waals surface area contributed by atoms with Crippen LogP contribution in [0, 0.1) is 0 Å². The third-order valence-electron chi connectivity index (χ3n) is 2.53. The van der Waals surface area contributed by atoms with Gasteiger partial charge in [-0.2, -0.15) is 5.10 Å². The van der Waals surface area contributed by atoms with E-state index in [0.717, 1.165) is 12.1 Å². The van der Waals surface area contributed by atoms with E-state index in [-0.39, 0.29) is 5.91 Å². The van der Waals surface area contributed by atoms with Crippen LogP contribution in [0.1, 0.15) is 23.1 Å². The van der Waals surface area contributed by atoms with Gasteiger partial charge in [-0.15, -0.1) is 0 Å². The lowest BCUT2D eigenvalue weighted by Crippen LogP contribution is -2.16. The summed E-state index contributed by atoms with van der Waals surface area (Å²) in [6.45, 7) is 2.00. The van der Waals surface area contributed by atoms with Gasteiger partial charge in [0.1, 0.15) is 10.3 Å². The molecule has 1 N–H and O–H groups in total. The molecule has 0 saturated carbocycles. The second-order valence-corrected chi connectivity index (χ2v) is 4.55. The summed E-state index contributed by atoms with van der Waals surface area (Å²) >= 11 is 3.29. The van der Waals surface area contributed by atoms with Gasteiger partial charge in [-0.25, -0.2) is 4.98 Å². The van der Waals surface area contributed by atoms with E-state index >= 15 is 0 Å². The number of nitrogens with one attached hydrogen (secondary N) is 1. The van der Waals surface area contributed by atoms with E-state index < -0.39 is 0 Å². The Balaban J connectivity index is 2.22. The third-order valence-corrected chi connectivity index (χ3v) is 3.16. The number of aromatic nitrogens is 3. The number of carbonyl (C=O) groups excluding carboxylic acids is 1. The molecule has 2 heterocycles. The predicted molar refractivity (Wildman–Crippen MR) is 72.5 cm³/mol. The first-order valence-electron chi connectivity index (χ1n) is 5.56. The minimum absolute atomic E-state index is 0.196. The molecule has 0 spiro atoms. The lowest BCUT2D eigenvalue weighted by Gasteiger charge is -2.06. The van der Waals surface area contributed by atoms with Crippen LogP contribution >= 0.6 is 15.9 Å². The monoisotopic (exact) mass is 308 g/mol. The van der Waals surface area contributed by atoms with Crippen molar-refractivity contribution in [3.8, 4) is 0 Å². The maximum Gasteiger partial charge on any atom is 0.274 e. The first-order chi connectivity index (χ1) is 8.61. The Labute approximate surface area is 113 Å². The molecule has 0 bridgehead atoms. The third kappa shape index (κ3) is 2.59. The fourth-order valence-electron chi connectivity index (χ4n) is 1.58. The van der Waals surface area contributed by atoms with Gasteiger partial charge >= 0.3 is 0 Å². The van der Waals surface area contributed by atoms with E-state index in [2.05, 4.69) is 31.3 Å². The van der Waals surface area contributed by atoms with Crippen molar-refractivity contribution in [2.24, 2.45) is 7.05 Å². The standard InChI is InChI=1S/C12H13BrN4O/c1-3-8-7-10(17(2)16-8)12(18)15-9-5-4-6-14-11(9)13/h4-7H,3H2,1-2H3,(H,15,18). The van der Waals surface area contributed by atoms with Crippen molar-refractivity contribution in [1.29, 1.82) is 0 Å². The number of amides is 1. The second-order valence-electron chi connectivity index (χ2n) is 3.79. The average Bonchev–Trinajstić information content (AvgIpc) is 2.73. The minimum Gasteiger partial charge on any atom is -0.318 e. The fourth-order valence-corrected chi connectivity index (χ4v) is 1.93. The quantitative estimate of drug-likeness (QED) is 0.886. The van der Waals surface area contributed by atoms with E-state index in [1.54, 1.807) is 36.1 Å². The van der Waals surface area contributed by atoms with Crippen molar-refractivity contribution >= 4 is 27.5 Å². The SMILES string of the molecule is CCc1cc(C(=O)Nc2cccnc2Br)n(C)n1. The maximum atomic E-state index is 12.1. The van der Waals surface area contributed by atoms with Gasteiger partial charge in [-0.05, 0) is 40.5 Å². The van der Waals surface area contributed by atoms with Gasteiger partial charge < -0.3 is 5.32 Å². The zero-order valence-electron chi connectivity index (χ0n) is 10.1. The lowest BCUT2D eigenvalue weighted by molar-refractivity contribution is 0.101. The first kappa shape index (κ1) is 12.8. The summed E-state index contributed by atoms with van der Waals surface area (Å²) in [4.78, 5) is 16.1. The number of carbonyl (C=O) groups is 1. The molecule has 6 heteroatoms. The molecule has 0 aliphatic heterocycles. The van der Waals surface area contributed by atoms with Crippen LogP contribution in [0.2, 0.25) is 0 Å². The first-order valence-corrected chi connectivity index (χ1v) is 6.36. The van der Waals surface area contributed by atoms with Crippen molar-refractivity contribution in [2.45, 2.75) is 13.3 Å². The van der Waals surface area contributed by atoms with Gasteiger partial charge in [0.25, 0.3) is 5.91 Å². The van der Waals surface area contributed by atoms with Crippen LogP contribution in [0.25, 0.3) is 0 Å². The van der Waals surface area contributed by atoms with Crippen LogP contribution in [0.3, 0.4) is 0 Å². The summed E-state index contributed by atoms with van der Waals surface area (Å²) in [6, 6.07) is 5.34. The number of halogens is 1. The number of pyridine rings is 1. The zero-order valence-corrected chi connectivity index (χ0v) is 11.7. The average molecular weight is 309 g/mol. The molecular formula is C12H13BrN4O. The highest BCUT2D eigenvalue weighted by atomic mass is 79.9. The normalized spacial score (nSPS) is 10.4. The predicted octanol–water partition coefficient (Wildman–Crippen LogP) is 2.39. The molecule has 0 aliphatic rings. The van der Waals surface area contributed by atoms with Crippen molar-refractivity contribution in [3.63, 3.8) is 0 Å². The Hall–Kier alpha value is -1.69. The number of rotatable bonds is 3. The van der Waals surface area contributed by atoms with Gasteiger partial charge in [0.05, 0.1) is 11.4 Å². The van der Waals surface area contributed by atoms with Crippen LogP contribution in [-0.4, -0.2) is 20.7 Å². The summed E-state index contributed by atoms with van der Waals surface area (Å²) in [5, 5.41) is 7.04. The van der Waals surface area contributed by atoms with Gasteiger partial charge in [0, 0.05) is 13.2 Å². The molecule has 0 aliphatic carbocycles. The van der Waals surface area contributed by atoms with E-state index in [1.165, 1.54) is 0 Å². The molecule has 2 aromatic heterocycles. The molecule has 0 fully saturated rings. The number of anilines is 1. The number of hydrogen-bond acceptors (Lipinski definition) is 3. The highest BCUT2D eigenvalue weighted by Gasteiger charge is 2.13. The Morgan fingerprint density at radius 3 is 2.94 bits per heavy atom. The van der Waals surface area contributed by atoms with E-state index in [4.69, 9.17) is 0 Å². The zero-order chi connectivity index (χ0) is 13.1. The van der Waals surface area contributed by atoms with Crippen LogP contribution < -0.4 is 5.32 Å². The van der Waals surface area contributed by atoms with Gasteiger partial charge in [-0.1, -0.05) is 6.92 Å². The number of nitrogens with zero attached hydrogens (tertiary/aromatic N) is 3. The summed E-state index contributed by atoms with van der Waals surface area (Å²) in [7, 11) is 1.76. The van der Waals surface area contributed by atoms with Gasteiger partial charge in [0.15, 0.2) is 0 Å². The van der Waals surface area contributed by atoms with E-state index in [9.17, 15) is 4.79 Å². The Morgan fingerprint density at radius 2 is 2.33 bits per heavy atom. The largest absolute Gasteiger partial charge is 0.318 e. The fraction of sp³-hybridized carbons (Fsp3) is 0.250. The molecule has 0 saturated heterocycles. The van der Waals surface area contributed by atoms with Crippen LogP contribution in [0.5, 0.6) is 0 Å². The molecule has 94 valence electrons. The lowest BCUT2D eigenvalue weighted by atomic mass is 10.3. The van der Waals surface area contributed by atoms with Crippen LogP contribution in [0.15, 0.2) is 29.0 Å². The Morgan fingerprint density at radius 1 is 1.56 bits per heavy atom. The maximum absolute atomic E-state index is 12.1. The minimum atomic E-state index is -0.196. The van der Waals surface area contributed by atoms with Gasteiger partial charge in [-0.3, -0.25) is 9.48 Å². The smallest absolute Gasteiger partial charge is 0.274 e. The summed E-state index contributed by atoms with van der Waals surface area (Å²) < 4.78 is 2.19. The number of hydrogen-bond donors (Lipinski definition) is 1. The van der Waals surface area contributed by atoms with Crippen molar-refractivity contribution in [1.82, 2.24) is 14.8 Å². The molecular weight excluding hydrogens is 296 g/mol. The topological polar surface area (TPSA) is 59.8 Å². The summed E-state index contributed by atoms with van der Waals surface area (Å²) in [5.74, 6) is -0.196. The second kappa shape index (κ2) is 5.30. The van der Waals surface area contributed by atoms with E-state index in [0.29, 0.717) is 16.0 Å². The highest BCUT2D eigenvalue weighted by Crippen LogP contribution is 2.19. The molecule has 0 radical (unpaired) electrons. The van der Waals surface area contributed by atoms with Crippen molar-refractivity contribution in [3.05, 3.63) is 40.4 Å². The van der Waals surface area contributed by atoms with Crippen molar-refractivity contribution < 1.29 is 4.79 Å². The molecule has 0 aromatic carbocycles.